The van der Waals surface area contributed by atoms with Gasteiger partial charge in [0.15, 0.2) is 0 Å². The lowest BCUT2D eigenvalue weighted by Gasteiger charge is -2.15. The molecule has 0 aliphatic carbocycles. The maximum Gasteiger partial charge on any atom is 0.233 e. The van der Waals surface area contributed by atoms with Gasteiger partial charge in [0.2, 0.25) is 6.29 Å². The monoisotopic (exact) mass is 223 g/mol. The van der Waals surface area contributed by atoms with Crippen molar-refractivity contribution < 1.29 is 9.94 Å². The Morgan fingerprint density at radius 1 is 1.47 bits per heavy atom. The van der Waals surface area contributed by atoms with E-state index in [-0.39, 0.29) is 0 Å². The van der Waals surface area contributed by atoms with Crippen LogP contribution in [-0.4, -0.2) is 22.2 Å². The van der Waals surface area contributed by atoms with Crippen LogP contribution in [0.3, 0.4) is 0 Å². The lowest BCUT2D eigenvalue weighted by atomic mass is 10.1. The number of rotatable bonds is 2. The average molecular weight is 223 g/mol. The molecule has 1 heterocycles. The van der Waals surface area contributed by atoms with Crippen molar-refractivity contribution in [2.75, 3.05) is 5.75 Å². The van der Waals surface area contributed by atoms with Gasteiger partial charge in [-0.15, -0.1) is 0 Å². The molecule has 4 heteroatoms. The number of aliphatic hydroxyl groups is 1. The van der Waals surface area contributed by atoms with E-state index in [1.165, 1.54) is 17.3 Å². The molecular formula is C11H13NO2S. The summed E-state index contributed by atoms with van der Waals surface area (Å²) in [4.78, 5) is 4.82. The van der Waals surface area contributed by atoms with Crippen LogP contribution in [0.4, 0.5) is 0 Å². The minimum Gasteiger partial charge on any atom is -0.362 e. The number of oxime groups is 1. The minimum atomic E-state index is -0.770. The van der Waals surface area contributed by atoms with Gasteiger partial charge in [0.25, 0.3) is 0 Å². The largest absolute Gasteiger partial charge is 0.362 e. The molecule has 1 atom stereocenters. The SMILES string of the molecule is CCc1ccc(C2=NOC(O)CS2)cc1. The Balaban J connectivity index is 2.16. The van der Waals surface area contributed by atoms with E-state index >= 15 is 0 Å². The van der Waals surface area contributed by atoms with Crippen LogP contribution in [0, 0.1) is 0 Å². The second-order valence-electron chi connectivity index (χ2n) is 3.32. The molecule has 15 heavy (non-hydrogen) atoms. The van der Waals surface area contributed by atoms with Crippen LogP contribution in [0.1, 0.15) is 18.1 Å². The van der Waals surface area contributed by atoms with Gasteiger partial charge < -0.3 is 9.94 Å². The summed E-state index contributed by atoms with van der Waals surface area (Å²) in [5.41, 5.74) is 2.35. The summed E-state index contributed by atoms with van der Waals surface area (Å²) < 4.78 is 0. The Labute approximate surface area is 93.1 Å². The molecule has 0 amide bonds. The molecule has 0 fully saturated rings. The van der Waals surface area contributed by atoms with Crippen molar-refractivity contribution in [1.29, 1.82) is 0 Å². The van der Waals surface area contributed by atoms with E-state index in [4.69, 9.17) is 9.94 Å². The number of benzene rings is 1. The molecule has 1 unspecified atom stereocenters. The Bertz CT molecular complexity index is 361. The third-order valence-corrected chi connectivity index (χ3v) is 3.26. The number of nitrogens with zero attached hydrogens (tertiary/aromatic N) is 1. The Morgan fingerprint density at radius 3 is 2.73 bits per heavy atom. The lowest BCUT2D eigenvalue weighted by Crippen LogP contribution is -2.19. The standard InChI is InChI=1S/C11H13NO2S/c1-2-8-3-5-9(6-4-8)11-12-14-10(13)7-15-11/h3-6,10,13H,2,7H2,1H3. The van der Waals surface area contributed by atoms with Crippen LogP contribution in [0.25, 0.3) is 0 Å². The number of thioether (sulfide) groups is 1. The second kappa shape index (κ2) is 4.68. The maximum atomic E-state index is 9.11. The van der Waals surface area contributed by atoms with Gasteiger partial charge in [0, 0.05) is 5.56 Å². The van der Waals surface area contributed by atoms with Crippen molar-refractivity contribution in [3.63, 3.8) is 0 Å². The second-order valence-corrected chi connectivity index (χ2v) is 4.33. The first-order valence-corrected chi connectivity index (χ1v) is 5.92. The van der Waals surface area contributed by atoms with Gasteiger partial charge in [-0.2, -0.15) is 0 Å². The van der Waals surface area contributed by atoms with Gasteiger partial charge in [0.1, 0.15) is 5.04 Å². The summed E-state index contributed by atoms with van der Waals surface area (Å²) in [5.74, 6) is 0.536. The first kappa shape index (κ1) is 10.5. The van der Waals surface area contributed by atoms with Crippen LogP contribution in [-0.2, 0) is 11.3 Å². The third kappa shape index (κ3) is 2.52. The van der Waals surface area contributed by atoms with E-state index in [0.29, 0.717) is 5.75 Å². The van der Waals surface area contributed by atoms with Crippen LogP contribution in [0.5, 0.6) is 0 Å². The Kier molecular flexibility index (Phi) is 3.28. The zero-order valence-corrected chi connectivity index (χ0v) is 9.33. The van der Waals surface area contributed by atoms with Gasteiger partial charge in [-0.3, -0.25) is 0 Å². The van der Waals surface area contributed by atoms with Crippen molar-refractivity contribution in [2.45, 2.75) is 19.6 Å². The molecule has 1 aromatic rings. The first-order chi connectivity index (χ1) is 7.29. The topological polar surface area (TPSA) is 41.8 Å². The van der Waals surface area contributed by atoms with Crippen LogP contribution < -0.4 is 0 Å². The third-order valence-electron chi connectivity index (χ3n) is 2.23. The van der Waals surface area contributed by atoms with Gasteiger partial charge in [0.05, 0.1) is 5.75 Å². The molecule has 3 nitrogen and oxygen atoms in total. The smallest absolute Gasteiger partial charge is 0.233 e. The first-order valence-electron chi connectivity index (χ1n) is 4.93. The zero-order valence-electron chi connectivity index (χ0n) is 8.51. The number of aliphatic hydroxyl groups excluding tert-OH is 1. The molecule has 0 saturated carbocycles. The van der Waals surface area contributed by atoms with Crippen molar-refractivity contribution in [2.24, 2.45) is 5.16 Å². The zero-order chi connectivity index (χ0) is 10.7. The normalized spacial score (nSPS) is 20.7. The molecule has 0 bridgehead atoms. The highest BCUT2D eigenvalue weighted by Crippen LogP contribution is 2.20. The van der Waals surface area contributed by atoms with Gasteiger partial charge >= 0.3 is 0 Å². The summed E-state index contributed by atoms with van der Waals surface area (Å²) in [6.45, 7) is 2.13. The molecular weight excluding hydrogens is 210 g/mol. The highest BCUT2D eigenvalue weighted by atomic mass is 32.2. The highest BCUT2D eigenvalue weighted by Gasteiger charge is 2.16. The molecule has 2 rings (SSSR count). The van der Waals surface area contributed by atoms with E-state index in [1.54, 1.807) is 0 Å². The van der Waals surface area contributed by atoms with Gasteiger partial charge in [-0.05, 0) is 12.0 Å². The van der Waals surface area contributed by atoms with Gasteiger partial charge in [-0.25, -0.2) is 0 Å². The summed E-state index contributed by atoms with van der Waals surface area (Å²) in [5, 5.41) is 13.8. The summed E-state index contributed by atoms with van der Waals surface area (Å²) >= 11 is 1.51. The van der Waals surface area contributed by atoms with Crippen molar-refractivity contribution >= 4 is 16.8 Å². The van der Waals surface area contributed by atoms with Crippen LogP contribution in [0.15, 0.2) is 29.4 Å². The molecule has 0 aromatic heterocycles. The molecule has 1 aromatic carbocycles. The average Bonchev–Trinajstić information content (AvgIpc) is 2.30. The quantitative estimate of drug-likeness (QED) is 0.833. The van der Waals surface area contributed by atoms with Crippen molar-refractivity contribution in [3.8, 4) is 0 Å². The summed E-state index contributed by atoms with van der Waals surface area (Å²) in [6.07, 6.45) is 0.267. The fourth-order valence-corrected chi connectivity index (χ4v) is 2.09. The van der Waals surface area contributed by atoms with Crippen LogP contribution >= 0.6 is 11.8 Å². The fraction of sp³-hybridized carbons (Fsp3) is 0.364. The fourth-order valence-electron chi connectivity index (χ4n) is 1.33. The minimum absolute atomic E-state index is 0.536. The molecule has 0 saturated heterocycles. The Morgan fingerprint density at radius 2 is 2.20 bits per heavy atom. The molecule has 0 radical (unpaired) electrons. The predicted octanol–water partition coefficient (Wildman–Crippen LogP) is 1.99. The van der Waals surface area contributed by atoms with Crippen molar-refractivity contribution in [3.05, 3.63) is 35.4 Å². The lowest BCUT2D eigenvalue weighted by molar-refractivity contribution is -0.0813. The molecule has 0 spiro atoms. The van der Waals surface area contributed by atoms with E-state index in [2.05, 4.69) is 24.2 Å². The predicted molar refractivity (Wildman–Crippen MR) is 61.9 cm³/mol. The molecule has 1 aliphatic rings. The number of hydrogen-bond acceptors (Lipinski definition) is 4. The van der Waals surface area contributed by atoms with E-state index in [1.807, 2.05) is 12.1 Å². The number of aryl methyl sites for hydroxylation is 1. The maximum absolute atomic E-state index is 9.11. The van der Waals surface area contributed by atoms with E-state index < -0.39 is 6.29 Å². The molecule has 1 aliphatic heterocycles. The highest BCUT2D eigenvalue weighted by molar-refractivity contribution is 8.14. The van der Waals surface area contributed by atoms with E-state index in [9.17, 15) is 0 Å². The van der Waals surface area contributed by atoms with Gasteiger partial charge in [-0.1, -0.05) is 48.1 Å². The van der Waals surface area contributed by atoms with E-state index in [0.717, 1.165) is 17.0 Å². The van der Waals surface area contributed by atoms with Crippen molar-refractivity contribution in [1.82, 2.24) is 0 Å². The molecule has 1 N–H and O–H groups in total. The number of hydrogen-bond donors (Lipinski definition) is 1. The summed E-state index contributed by atoms with van der Waals surface area (Å²) in [6, 6.07) is 8.24. The van der Waals surface area contributed by atoms with Crippen LogP contribution in [0.2, 0.25) is 0 Å². The summed E-state index contributed by atoms with van der Waals surface area (Å²) in [7, 11) is 0. The molecule has 80 valence electrons. The Hall–Kier alpha value is -1.00.